The number of nitrogens with one attached hydrogen (secondary N) is 1. The zero-order valence-electron chi connectivity index (χ0n) is 9.63. The van der Waals surface area contributed by atoms with Crippen LogP contribution < -0.4 is 5.32 Å². The summed E-state index contributed by atoms with van der Waals surface area (Å²) in [6, 6.07) is 0. The fourth-order valence-electron chi connectivity index (χ4n) is 1.81. The van der Waals surface area contributed by atoms with Crippen molar-refractivity contribution < 1.29 is 0 Å². The maximum absolute atomic E-state index is 5.80. The van der Waals surface area contributed by atoms with Crippen LogP contribution in [0.1, 0.15) is 38.4 Å². The standard InChI is InChI=1S/C11H18ClN3S/c1-2-3-9-14-10(16-15-9)13-8-11(4-5-11)6-7-12/h2-8H2,1H3,(H,13,14,15). The smallest absolute Gasteiger partial charge is 0.202 e. The Morgan fingerprint density at radius 2 is 2.31 bits per heavy atom. The lowest BCUT2D eigenvalue weighted by atomic mass is 10.0. The van der Waals surface area contributed by atoms with Crippen LogP contribution in [0, 0.1) is 5.41 Å². The average molecular weight is 260 g/mol. The molecule has 2 rings (SSSR count). The minimum absolute atomic E-state index is 0.457. The molecule has 0 amide bonds. The van der Waals surface area contributed by atoms with Crippen LogP contribution in [0.5, 0.6) is 0 Å². The van der Waals surface area contributed by atoms with Crippen molar-refractivity contribution in [1.82, 2.24) is 9.36 Å². The molecular formula is C11H18ClN3S. The molecule has 0 saturated heterocycles. The summed E-state index contributed by atoms with van der Waals surface area (Å²) in [5, 5.41) is 4.36. The summed E-state index contributed by atoms with van der Waals surface area (Å²) in [6.07, 6.45) is 5.79. The lowest BCUT2D eigenvalue weighted by Crippen LogP contribution is -2.15. The third-order valence-electron chi connectivity index (χ3n) is 3.14. The molecule has 1 saturated carbocycles. The van der Waals surface area contributed by atoms with E-state index in [4.69, 9.17) is 11.6 Å². The molecular weight excluding hydrogens is 242 g/mol. The van der Waals surface area contributed by atoms with Crippen molar-refractivity contribution in [1.29, 1.82) is 0 Å². The minimum atomic E-state index is 0.457. The fraction of sp³-hybridized carbons (Fsp3) is 0.818. The van der Waals surface area contributed by atoms with Gasteiger partial charge < -0.3 is 5.32 Å². The van der Waals surface area contributed by atoms with Crippen LogP contribution in [0.25, 0.3) is 0 Å². The Hall–Kier alpha value is -0.350. The van der Waals surface area contributed by atoms with Crippen LogP contribution >= 0.6 is 23.1 Å². The zero-order valence-corrected chi connectivity index (χ0v) is 11.2. The number of alkyl halides is 1. The average Bonchev–Trinajstić information content (AvgIpc) is 2.89. The lowest BCUT2D eigenvalue weighted by Gasteiger charge is -2.12. The van der Waals surface area contributed by atoms with Crippen molar-refractivity contribution in [2.24, 2.45) is 5.41 Å². The highest BCUT2D eigenvalue weighted by Crippen LogP contribution is 2.48. The summed E-state index contributed by atoms with van der Waals surface area (Å²) in [5.41, 5.74) is 0.457. The van der Waals surface area contributed by atoms with Gasteiger partial charge in [-0.3, -0.25) is 0 Å². The predicted molar refractivity (Wildman–Crippen MR) is 69.4 cm³/mol. The highest BCUT2D eigenvalue weighted by molar-refractivity contribution is 7.09. The molecule has 1 aliphatic carbocycles. The normalized spacial score (nSPS) is 17.4. The number of aryl methyl sites for hydroxylation is 1. The van der Waals surface area contributed by atoms with E-state index in [1.807, 2.05) is 0 Å². The molecule has 1 aliphatic rings. The van der Waals surface area contributed by atoms with Gasteiger partial charge in [-0.1, -0.05) is 6.92 Å². The number of halogens is 1. The summed E-state index contributed by atoms with van der Waals surface area (Å²) in [5.74, 6) is 1.73. The Morgan fingerprint density at radius 3 is 2.94 bits per heavy atom. The van der Waals surface area contributed by atoms with E-state index in [0.29, 0.717) is 5.41 Å². The lowest BCUT2D eigenvalue weighted by molar-refractivity contribution is 0.524. The Bertz CT molecular complexity index is 336. The van der Waals surface area contributed by atoms with Gasteiger partial charge in [0.2, 0.25) is 5.13 Å². The van der Waals surface area contributed by atoms with E-state index in [-0.39, 0.29) is 0 Å². The highest BCUT2D eigenvalue weighted by Gasteiger charge is 2.41. The van der Waals surface area contributed by atoms with Gasteiger partial charge in [0, 0.05) is 30.4 Å². The molecule has 90 valence electrons. The van der Waals surface area contributed by atoms with E-state index in [1.165, 1.54) is 24.4 Å². The second-order valence-corrected chi connectivity index (χ2v) is 5.69. The van der Waals surface area contributed by atoms with Crippen molar-refractivity contribution in [3.8, 4) is 0 Å². The molecule has 0 spiro atoms. The molecule has 1 heterocycles. The molecule has 3 nitrogen and oxygen atoms in total. The van der Waals surface area contributed by atoms with Crippen LogP contribution in [-0.4, -0.2) is 21.8 Å². The molecule has 0 atom stereocenters. The first kappa shape index (κ1) is 12.1. The zero-order chi connectivity index (χ0) is 11.4. The van der Waals surface area contributed by atoms with Gasteiger partial charge in [0.1, 0.15) is 5.82 Å². The van der Waals surface area contributed by atoms with Crippen molar-refractivity contribution in [2.75, 3.05) is 17.7 Å². The molecule has 0 aliphatic heterocycles. The Kier molecular flexibility index (Phi) is 4.03. The Labute approximate surface area is 106 Å². The molecule has 1 aromatic rings. The van der Waals surface area contributed by atoms with Crippen LogP contribution in [0.3, 0.4) is 0 Å². The molecule has 0 radical (unpaired) electrons. The molecule has 1 aromatic heterocycles. The molecule has 1 fully saturated rings. The Balaban J connectivity index is 1.80. The molecule has 0 unspecified atom stereocenters. The SMILES string of the molecule is CCCc1nsc(NCC2(CCCl)CC2)n1. The molecule has 0 bridgehead atoms. The largest absolute Gasteiger partial charge is 0.360 e. The molecule has 16 heavy (non-hydrogen) atoms. The Morgan fingerprint density at radius 1 is 1.50 bits per heavy atom. The van der Waals surface area contributed by atoms with E-state index in [0.717, 1.165) is 42.6 Å². The fourth-order valence-corrected chi connectivity index (χ4v) is 2.81. The van der Waals surface area contributed by atoms with Crippen LogP contribution in [-0.2, 0) is 6.42 Å². The van der Waals surface area contributed by atoms with Crippen LogP contribution in [0.4, 0.5) is 5.13 Å². The third-order valence-corrected chi connectivity index (χ3v) is 4.04. The van der Waals surface area contributed by atoms with Gasteiger partial charge >= 0.3 is 0 Å². The molecule has 5 heteroatoms. The maximum Gasteiger partial charge on any atom is 0.202 e. The third kappa shape index (κ3) is 3.08. The van der Waals surface area contributed by atoms with Crippen molar-refractivity contribution in [3.05, 3.63) is 5.82 Å². The number of hydrogen-bond donors (Lipinski definition) is 1. The second kappa shape index (κ2) is 5.32. The quantitative estimate of drug-likeness (QED) is 0.764. The van der Waals surface area contributed by atoms with Gasteiger partial charge in [-0.15, -0.1) is 11.6 Å². The number of aromatic nitrogens is 2. The van der Waals surface area contributed by atoms with E-state index < -0.39 is 0 Å². The summed E-state index contributed by atoms with van der Waals surface area (Å²) in [4.78, 5) is 4.45. The first-order valence-corrected chi connectivity index (χ1v) is 7.21. The summed E-state index contributed by atoms with van der Waals surface area (Å²) < 4.78 is 4.31. The summed E-state index contributed by atoms with van der Waals surface area (Å²) in [7, 11) is 0. The van der Waals surface area contributed by atoms with Gasteiger partial charge in [-0.2, -0.15) is 4.37 Å². The van der Waals surface area contributed by atoms with Crippen LogP contribution in [0.2, 0.25) is 0 Å². The van der Waals surface area contributed by atoms with E-state index in [9.17, 15) is 0 Å². The van der Waals surface area contributed by atoms with Gasteiger partial charge in [0.05, 0.1) is 0 Å². The number of anilines is 1. The van der Waals surface area contributed by atoms with E-state index in [1.54, 1.807) is 0 Å². The van der Waals surface area contributed by atoms with Gasteiger partial charge in [-0.25, -0.2) is 4.98 Å². The van der Waals surface area contributed by atoms with Gasteiger partial charge in [-0.05, 0) is 31.1 Å². The van der Waals surface area contributed by atoms with Crippen molar-refractivity contribution >= 4 is 28.3 Å². The maximum atomic E-state index is 5.80. The topological polar surface area (TPSA) is 37.8 Å². The van der Waals surface area contributed by atoms with Crippen molar-refractivity contribution in [3.63, 3.8) is 0 Å². The van der Waals surface area contributed by atoms with Gasteiger partial charge in [0.15, 0.2) is 0 Å². The highest BCUT2D eigenvalue weighted by atomic mass is 35.5. The number of hydrogen-bond acceptors (Lipinski definition) is 4. The number of nitrogens with zero attached hydrogens (tertiary/aromatic N) is 2. The summed E-state index contributed by atoms with van der Waals surface area (Å²) >= 11 is 7.27. The molecule has 1 N–H and O–H groups in total. The van der Waals surface area contributed by atoms with E-state index >= 15 is 0 Å². The van der Waals surface area contributed by atoms with Gasteiger partial charge in [0.25, 0.3) is 0 Å². The first-order valence-electron chi connectivity index (χ1n) is 5.90. The van der Waals surface area contributed by atoms with E-state index in [2.05, 4.69) is 21.6 Å². The molecule has 0 aromatic carbocycles. The second-order valence-electron chi connectivity index (χ2n) is 4.56. The predicted octanol–water partition coefficient (Wildman–Crippen LogP) is 3.31. The van der Waals surface area contributed by atoms with Crippen molar-refractivity contribution in [2.45, 2.75) is 39.0 Å². The monoisotopic (exact) mass is 259 g/mol. The summed E-state index contributed by atoms with van der Waals surface area (Å²) in [6.45, 7) is 3.15. The number of rotatable bonds is 7. The van der Waals surface area contributed by atoms with Crippen LogP contribution in [0.15, 0.2) is 0 Å². The minimum Gasteiger partial charge on any atom is -0.360 e. The first-order chi connectivity index (χ1) is 7.78.